The van der Waals surface area contributed by atoms with Gasteiger partial charge in [0.15, 0.2) is 5.82 Å². The van der Waals surface area contributed by atoms with E-state index in [1.165, 1.54) is 22.9 Å². The monoisotopic (exact) mass is 465 g/mol. The number of fused-ring (bicyclic) bond motifs is 1. The van der Waals surface area contributed by atoms with Crippen LogP contribution in [0.25, 0.3) is 11.3 Å². The molecule has 0 radical (unpaired) electrons. The van der Waals surface area contributed by atoms with Gasteiger partial charge in [0.1, 0.15) is 6.10 Å². The highest BCUT2D eigenvalue weighted by molar-refractivity contribution is 5.93. The minimum Gasteiger partial charge on any atom is -0.370 e. The van der Waals surface area contributed by atoms with Gasteiger partial charge in [-0.15, -0.1) is 0 Å². The Bertz CT molecular complexity index is 1260. The van der Waals surface area contributed by atoms with Gasteiger partial charge in [-0.2, -0.15) is 0 Å². The van der Waals surface area contributed by atoms with E-state index in [4.69, 9.17) is 4.74 Å². The van der Waals surface area contributed by atoms with Crippen molar-refractivity contribution in [1.82, 2.24) is 14.5 Å². The number of anilines is 2. The Labute approximate surface area is 197 Å². The molecule has 3 aromatic rings. The summed E-state index contributed by atoms with van der Waals surface area (Å²) in [5.74, 6) is -0.0368. The lowest BCUT2D eigenvalue weighted by atomic mass is 9.97. The molecule has 34 heavy (non-hydrogen) atoms. The molecule has 1 fully saturated rings. The van der Waals surface area contributed by atoms with Gasteiger partial charge < -0.3 is 15.0 Å². The van der Waals surface area contributed by atoms with E-state index in [1.54, 1.807) is 7.05 Å². The molecule has 2 aliphatic heterocycles. The second-order valence-electron chi connectivity index (χ2n) is 7.96. The fourth-order valence-corrected chi connectivity index (χ4v) is 4.17. The first-order valence-electron chi connectivity index (χ1n) is 11.5. The number of rotatable bonds is 3. The van der Waals surface area contributed by atoms with Crippen LogP contribution in [0.2, 0.25) is 0 Å². The lowest BCUT2D eigenvalue weighted by Crippen LogP contribution is -2.41. The van der Waals surface area contributed by atoms with E-state index in [0.717, 1.165) is 23.0 Å². The summed E-state index contributed by atoms with van der Waals surface area (Å²) in [5.41, 5.74) is 3.17. The molecule has 0 aliphatic carbocycles. The normalized spacial score (nSPS) is 17.4. The summed E-state index contributed by atoms with van der Waals surface area (Å²) in [4.78, 5) is 34.6. The molecule has 2 aliphatic rings. The summed E-state index contributed by atoms with van der Waals surface area (Å²) in [6.45, 7) is 5.51. The first kappa shape index (κ1) is 23.6. The summed E-state index contributed by atoms with van der Waals surface area (Å²) in [7, 11) is 1.66. The number of ether oxygens (including phenoxy) is 1. The molecule has 1 atom stereocenters. The molecule has 8 nitrogen and oxygen atoms in total. The fraction of sp³-hybridized carbons (Fsp3) is 0.360. The van der Waals surface area contributed by atoms with Crippen LogP contribution in [-0.4, -0.2) is 40.1 Å². The molecule has 1 unspecified atom stereocenters. The van der Waals surface area contributed by atoms with Crippen LogP contribution in [0.1, 0.15) is 37.5 Å². The van der Waals surface area contributed by atoms with Crippen molar-refractivity contribution >= 4 is 17.5 Å². The molecule has 4 heterocycles. The van der Waals surface area contributed by atoms with E-state index >= 15 is 0 Å². The zero-order valence-electron chi connectivity index (χ0n) is 19.5. The quantitative estimate of drug-likeness (QED) is 0.637. The molecule has 9 heteroatoms. The van der Waals surface area contributed by atoms with E-state index in [2.05, 4.69) is 21.4 Å². The van der Waals surface area contributed by atoms with Crippen molar-refractivity contribution < 1.29 is 13.9 Å². The zero-order valence-corrected chi connectivity index (χ0v) is 19.5. The predicted octanol–water partition coefficient (Wildman–Crippen LogP) is 3.47. The summed E-state index contributed by atoms with van der Waals surface area (Å²) < 4.78 is 21.7. The van der Waals surface area contributed by atoms with Gasteiger partial charge >= 0.3 is 0 Å². The number of carbonyl (C=O) groups is 1. The van der Waals surface area contributed by atoms with Gasteiger partial charge in [-0.1, -0.05) is 26.0 Å². The number of amides is 1. The van der Waals surface area contributed by atoms with Gasteiger partial charge in [0.05, 0.1) is 25.0 Å². The van der Waals surface area contributed by atoms with Crippen molar-refractivity contribution in [3.8, 4) is 11.3 Å². The third kappa shape index (κ3) is 4.70. The molecule has 1 N–H and O–H groups in total. The molecular formula is C25H28FN5O3. The summed E-state index contributed by atoms with van der Waals surface area (Å²) in [6, 6.07) is 8.77. The molecule has 0 spiro atoms. The van der Waals surface area contributed by atoms with Crippen LogP contribution in [0.4, 0.5) is 16.0 Å². The highest BCUT2D eigenvalue weighted by atomic mass is 19.1. The average Bonchev–Trinajstić information content (AvgIpc) is 2.87. The van der Waals surface area contributed by atoms with E-state index in [0.29, 0.717) is 38.5 Å². The van der Waals surface area contributed by atoms with Crippen LogP contribution < -0.4 is 15.8 Å². The third-order valence-electron chi connectivity index (χ3n) is 5.91. The second-order valence-corrected chi connectivity index (χ2v) is 7.96. The number of halogens is 1. The Balaban J connectivity index is 0.00000133. The van der Waals surface area contributed by atoms with E-state index in [-0.39, 0.29) is 28.8 Å². The zero-order chi connectivity index (χ0) is 24.2. The predicted molar refractivity (Wildman–Crippen MR) is 128 cm³/mol. The summed E-state index contributed by atoms with van der Waals surface area (Å²) >= 11 is 0. The lowest BCUT2D eigenvalue weighted by Gasteiger charge is -2.35. The van der Waals surface area contributed by atoms with E-state index in [1.807, 2.05) is 30.9 Å². The van der Waals surface area contributed by atoms with Gasteiger partial charge in [0.2, 0.25) is 11.9 Å². The van der Waals surface area contributed by atoms with E-state index in [9.17, 15) is 14.0 Å². The van der Waals surface area contributed by atoms with Gasteiger partial charge in [-0.05, 0) is 29.7 Å². The highest BCUT2D eigenvalue weighted by Crippen LogP contribution is 2.30. The number of hydrogen-bond donors (Lipinski definition) is 1. The minimum absolute atomic E-state index is 0.0304. The van der Waals surface area contributed by atoms with Crippen molar-refractivity contribution in [3.63, 3.8) is 0 Å². The Morgan fingerprint density at radius 2 is 1.97 bits per heavy atom. The van der Waals surface area contributed by atoms with Crippen LogP contribution in [0.3, 0.4) is 0 Å². The van der Waals surface area contributed by atoms with Gasteiger partial charge in [0, 0.05) is 43.5 Å². The Morgan fingerprint density at radius 3 is 2.76 bits per heavy atom. The minimum atomic E-state index is -0.528. The number of carbonyl (C=O) groups excluding carboxylic acids is 1. The molecule has 1 amide bonds. The van der Waals surface area contributed by atoms with Crippen LogP contribution in [0.5, 0.6) is 0 Å². The number of nitrogens with one attached hydrogen (secondary N) is 1. The number of benzene rings is 1. The maximum atomic E-state index is 14.3. The van der Waals surface area contributed by atoms with Gasteiger partial charge in [-0.25, -0.2) is 9.37 Å². The SMILES string of the molecule is CC.Cn1c(N2CCOC(c3ccc4c(c3)CCC(=O)N4)C2)nc(-c2ccncc2F)cc1=O. The number of pyridine rings is 1. The molecule has 0 saturated carbocycles. The Kier molecular flexibility index (Phi) is 7.02. The van der Waals surface area contributed by atoms with Crippen molar-refractivity contribution in [2.24, 2.45) is 7.05 Å². The smallest absolute Gasteiger partial charge is 0.255 e. The average molecular weight is 466 g/mol. The van der Waals surface area contributed by atoms with Crippen molar-refractivity contribution in [3.05, 3.63) is 70.0 Å². The molecular weight excluding hydrogens is 437 g/mol. The largest absolute Gasteiger partial charge is 0.370 e. The summed E-state index contributed by atoms with van der Waals surface area (Å²) in [5, 5.41) is 2.89. The van der Waals surface area contributed by atoms with Crippen molar-refractivity contribution in [2.75, 3.05) is 29.9 Å². The molecule has 0 bridgehead atoms. The molecule has 1 aromatic carbocycles. The van der Waals surface area contributed by atoms with Gasteiger partial charge in [0.25, 0.3) is 5.56 Å². The van der Waals surface area contributed by atoms with Crippen LogP contribution >= 0.6 is 0 Å². The topological polar surface area (TPSA) is 89.3 Å². The highest BCUT2D eigenvalue weighted by Gasteiger charge is 2.26. The summed E-state index contributed by atoms with van der Waals surface area (Å²) in [6.07, 6.45) is 3.53. The van der Waals surface area contributed by atoms with Crippen LogP contribution in [-0.2, 0) is 23.0 Å². The fourth-order valence-electron chi connectivity index (χ4n) is 4.17. The lowest BCUT2D eigenvalue weighted by molar-refractivity contribution is -0.116. The second kappa shape index (κ2) is 10.1. The van der Waals surface area contributed by atoms with E-state index < -0.39 is 5.82 Å². The number of nitrogens with zero attached hydrogens (tertiary/aromatic N) is 4. The molecule has 5 rings (SSSR count). The standard InChI is InChI=1S/C23H22FN5O3.C2H6/c1-28-22(31)11-19(16-6-7-25-12-17(16)24)27-23(28)29-8-9-32-20(13-29)15-2-4-18-14(10-15)3-5-21(30)26-18;1-2/h2,4,6-7,10-12,20H,3,5,8-9,13H2,1H3,(H,26,30);1-2H3. The maximum absolute atomic E-state index is 14.3. The van der Waals surface area contributed by atoms with Crippen LogP contribution in [0, 0.1) is 5.82 Å². The van der Waals surface area contributed by atoms with Crippen molar-refractivity contribution in [1.29, 1.82) is 0 Å². The molecule has 178 valence electrons. The van der Waals surface area contributed by atoms with Crippen LogP contribution in [0.15, 0.2) is 47.5 Å². The third-order valence-corrected chi connectivity index (χ3v) is 5.91. The number of morpholine rings is 1. The number of hydrogen-bond acceptors (Lipinski definition) is 6. The Hall–Kier alpha value is -3.59. The van der Waals surface area contributed by atoms with Crippen molar-refractivity contribution in [2.45, 2.75) is 32.8 Å². The van der Waals surface area contributed by atoms with Gasteiger partial charge in [-0.3, -0.25) is 19.1 Å². The first-order valence-corrected chi connectivity index (χ1v) is 11.5. The first-order chi connectivity index (χ1) is 16.5. The Morgan fingerprint density at radius 1 is 1.15 bits per heavy atom. The molecule has 2 aromatic heterocycles. The maximum Gasteiger partial charge on any atom is 0.255 e. The number of aromatic nitrogens is 3. The molecule has 1 saturated heterocycles. The number of aryl methyl sites for hydroxylation is 1.